The molecule has 1 fully saturated rings. The normalized spacial score (nSPS) is 56.7. The van der Waals surface area contributed by atoms with Crippen LogP contribution in [-0.2, 0) is 0 Å². The van der Waals surface area contributed by atoms with Crippen molar-refractivity contribution >= 4 is 0 Å². The van der Waals surface area contributed by atoms with E-state index in [-0.39, 0.29) is 0 Å². The Morgan fingerprint density at radius 2 is 2.18 bits per heavy atom. The first kappa shape index (κ1) is 2.03. The van der Waals surface area contributed by atoms with Crippen LogP contribution < -0.4 is 5.73 Å². The maximum absolute atomic E-state index is 10.4. The quantitative estimate of drug-likeness (QED) is 0.569. The molecule has 1 aliphatic rings. The second kappa shape index (κ2) is 2.19. The highest BCUT2D eigenvalue weighted by molar-refractivity contribution is 5.04. The predicted molar refractivity (Wildman–Crippen MR) is 44.4 cm³/mol. The molecule has 3 nitrogen and oxygen atoms in total. The molecule has 1 heterocycles. The van der Waals surface area contributed by atoms with E-state index in [1.54, 1.807) is 0 Å². The van der Waals surface area contributed by atoms with Crippen molar-refractivity contribution in [2.24, 2.45) is 5.73 Å². The number of nitrogens with two attached hydrogens (primary N) is 1. The summed E-state index contributed by atoms with van der Waals surface area (Å²) in [7, 11) is 0. The van der Waals surface area contributed by atoms with E-state index < -0.39 is 56.0 Å². The van der Waals surface area contributed by atoms with E-state index in [1.165, 1.54) is 0 Å². The summed E-state index contributed by atoms with van der Waals surface area (Å²) in [6, 6.07) is -1.94. The maximum atomic E-state index is 10.4. The lowest BCUT2D eigenvalue weighted by Crippen LogP contribution is -2.50. The second-order valence-electron chi connectivity index (χ2n) is 2.75. The average Bonchev–Trinajstić information content (AvgIpc) is 2.43. The van der Waals surface area contributed by atoms with Gasteiger partial charge in [-0.25, -0.2) is 0 Å². The van der Waals surface area contributed by atoms with Crippen LogP contribution in [0.4, 0.5) is 0 Å². The summed E-state index contributed by atoms with van der Waals surface area (Å²) in [6.07, 6.45) is -1.05. The van der Waals surface area contributed by atoms with Gasteiger partial charge >= 0.3 is 0 Å². The Bertz CT molecular complexity index is 432. The Kier molecular flexibility index (Phi) is 0.403. The highest BCUT2D eigenvalue weighted by Gasteiger charge is 2.49. The highest BCUT2D eigenvalue weighted by Crippen LogP contribution is 2.37. The van der Waals surface area contributed by atoms with Crippen molar-refractivity contribution in [2.75, 3.05) is 0 Å². The Hall–Kier alpha value is -0.120. The van der Waals surface area contributed by atoms with Gasteiger partial charge in [-0.2, -0.15) is 5.06 Å². The zero-order chi connectivity index (χ0) is 18.9. The minimum absolute atomic E-state index is 0.537. The van der Waals surface area contributed by atoms with Crippen LogP contribution in [-0.4, -0.2) is 27.4 Å². The van der Waals surface area contributed by atoms with Gasteiger partial charge in [0.05, 0.1) is 5.54 Å². The first-order valence-corrected chi connectivity index (χ1v) is 3.03. The van der Waals surface area contributed by atoms with Gasteiger partial charge in [0, 0.05) is 28.0 Å². The van der Waals surface area contributed by atoms with Crippen LogP contribution in [0, 0.1) is 0 Å². The molecule has 0 bridgehead atoms. The largest absolute Gasteiger partial charge is 0.326 e. The van der Waals surface area contributed by atoms with E-state index in [1.807, 2.05) is 0 Å². The molecular formula is C8H18N2O. The van der Waals surface area contributed by atoms with Gasteiger partial charge in [-0.05, 0) is 33.8 Å². The Balaban J connectivity index is 3.83. The summed E-state index contributed by atoms with van der Waals surface area (Å²) in [6.45, 7) is -13.8. The molecule has 1 unspecified atom stereocenters. The molecule has 0 amide bonds. The molecule has 0 aromatic heterocycles. The third-order valence-electron chi connectivity index (χ3n) is 1.75. The van der Waals surface area contributed by atoms with Gasteiger partial charge < -0.3 is 10.9 Å². The molecule has 1 rings (SSSR count). The van der Waals surface area contributed by atoms with Crippen molar-refractivity contribution in [1.29, 1.82) is 0 Å². The monoisotopic (exact) mass is 170 g/mol. The fraction of sp³-hybridized carbons (Fsp3) is 1.00. The number of rotatable bonds is 0. The van der Waals surface area contributed by atoms with E-state index in [4.69, 9.17) is 22.2 Å². The standard InChI is InChI=1S/C8H18N2O/c1-7(2)5-6(9)8(3,4)10(7)11/h6,11H,5,9H2,1-4H3/i1D3,2D3,3D3,4D3. The molecule has 0 radical (unpaired) electrons. The van der Waals surface area contributed by atoms with Crippen LogP contribution in [0.5, 0.6) is 0 Å². The first-order chi connectivity index (χ1) is 9.78. The van der Waals surface area contributed by atoms with Gasteiger partial charge in [-0.3, -0.25) is 0 Å². The Morgan fingerprint density at radius 1 is 1.55 bits per heavy atom. The van der Waals surface area contributed by atoms with Crippen molar-refractivity contribution in [3.63, 3.8) is 0 Å². The molecule has 1 aliphatic heterocycles. The van der Waals surface area contributed by atoms with E-state index in [0.717, 1.165) is 0 Å². The van der Waals surface area contributed by atoms with Crippen molar-refractivity contribution in [3.05, 3.63) is 0 Å². The van der Waals surface area contributed by atoms with Gasteiger partial charge in [-0.15, -0.1) is 0 Å². The molecule has 0 aromatic carbocycles. The van der Waals surface area contributed by atoms with Crippen LogP contribution in [0.25, 0.3) is 0 Å². The zero-order valence-corrected chi connectivity index (χ0v) is 5.76. The lowest BCUT2D eigenvalue weighted by molar-refractivity contribution is -0.193. The predicted octanol–water partition coefficient (Wildman–Crippen LogP) is 0.966. The lowest BCUT2D eigenvalue weighted by Gasteiger charge is -2.34. The molecule has 3 heteroatoms. The third kappa shape index (κ3) is 1.17. The van der Waals surface area contributed by atoms with E-state index >= 15 is 0 Å². The highest BCUT2D eigenvalue weighted by atomic mass is 16.5. The van der Waals surface area contributed by atoms with Crippen molar-refractivity contribution in [1.82, 2.24) is 5.06 Å². The minimum Gasteiger partial charge on any atom is -0.326 e. The molecule has 66 valence electrons. The molecular weight excluding hydrogens is 140 g/mol. The summed E-state index contributed by atoms with van der Waals surface area (Å²) >= 11 is 0. The number of nitrogens with zero attached hydrogens (tertiary/aromatic N) is 1. The summed E-state index contributed by atoms with van der Waals surface area (Å²) in [5.41, 5.74) is -0.704. The summed E-state index contributed by atoms with van der Waals surface area (Å²) in [4.78, 5) is 0. The second-order valence-corrected chi connectivity index (χ2v) is 2.75. The maximum Gasteiger partial charge on any atom is 0.0561 e. The van der Waals surface area contributed by atoms with Crippen molar-refractivity contribution < 1.29 is 21.7 Å². The van der Waals surface area contributed by atoms with E-state index in [2.05, 4.69) is 0 Å². The molecule has 0 aliphatic carbocycles. The zero-order valence-electron chi connectivity index (χ0n) is 17.8. The summed E-state index contributed by atoms with van der Waals surface area (Å²) < 4.78 is 89.9. The van der Waals surface area contributed by atoms with E-state index in [0.29, 0.717) is 0 Å². The number of hydroxylamine groups is 2. The molecule has 1 saturated heterocycles. The van der Waals surface area contributed by atoms with Crippen LogP contribution in [0.15, 0.2) is 0 Å². The third-order valence-corrected chi connectivity index (χ3v) is 1.75. The first-order valence-electron chi connectivity index (χ1n) is 9.03. The lowest BCUT2D eigenvalue weighted by atomic mass is 9.95. The van der Waals surface area contributed by atoms with Crippen LogP contribution in [0.2, 0.25) is 0 Å². The van der Waals surface area contributed by atoms with Crippen LogP contribution in [0.1, 0.15) is 50.3 Å². The Labute approximate surface area is 85.0 Å². The van der Waals surface area contributed by atoms with Crippen molar-refractivity contribution in [3.8, 4) is 0 Å². The van der Waals surface area contributed by atoms with E-state index in [9.17, 15) is 5.21 Å². The topological polar surface area (TPSA) is 49.5 Å². The molecule has 0 spiro atoms. The van der Waals surface area contributed by atoms with Crippen LogP contribution >= 0.6 is 0 Å². The van der Waals surface area contributed by atoms with Gasteiger partial charge in [-0.1, -0.05) is 0 Å². The van der Waals surface area contributed by atoms with Gasteiger partial charge in [0.15, 0.2) is 0 Å². The molecule has 0 aromatic rings. The average molecular weight is 170 g/mol. The smallest absolute Gasteiger partial charge is 0.0561 e. The molecule has 11 heavy (non-hydrogen) atoms. The molecule has 1 atom stereocenters. The number of hydrogen-bond donors (Lipinski definition) is 2. The molecule has 3 N–H and O–H groups in total. The minimum atomic E-state index is -3.47. The van der Waals surface area contributed by atoms with Crippen molar-refractivity contribution in [2.45, 2.75) is 50.9 Å². The molecule has 0 saturated carbocycles. The fourth-order valence-corrected chi connectivity index (χ4v) is 1.01. The SMILES string of the molecule is [2H]C([2H])([2H])C1(C([2H])([2H])[2H])CC(N)C(C([2H])([2H])[2H])(C([2H])([2H])[2H])N1O. The van der Waals surface area contributed by atoms with Gasteiger partial charge in [0.2, 0.25) is 0 Å². The summed E-state index contributed by atoms with van der Waals surface area (Å²) in [5, 5.41) is 9.84. The van der Waals surface area contributed by atoms with Gasteiger partial charge in [0.1, 0.15) is 0 Å². The number of hydrogen-bond acceptors (Lipinski definition) is 3. The fourth-order valence-electron chi connectivity index (χ4n) is 1.01. The Morgan fingerprint density at radius 3 is 2.45 bits per heavy atom. The van der Waals surface area contributed by atoms with Gasteiger partial charge in [0.25, 0.3) is 0 Å². The summed E-state index contributed by atoms with van der Waals surface area (Å²) in [5.74, 6) is 0. The van der Waals surface area contributed by atoms with Crippen LogP contribution in [0.3, 0.4) is 0 Å².